The lowest BCUT2D eigenvalue weighted by atomic mass is 10.0. The standard InChI is InChI=1S/C15H25FN2O/c1-6-17-12(3)13-8-7-9-14(16)15(13)18(4)11(2)10-19-5/h7-9,11-12,17H,6,10H2,1-5H3. The van der Waals surface area contributed by atoms with Crippen molar-refractivity contribution in [2.45, 2.75) is 32.9 Å². The third-order valence-corrected chi connectivity index (χ3v) is 3.42. The van der Waals surface area contributed by atoms with E-state index in [4.69, 9.17) is 4.74 Å². The predicted octanol–water partition coefficient (Wildman–Crippen LogP) is 2.97. The van der Waals surface area contributed by atoms with Crippen LogP contribution < -0.4 is 10.2 Å². The summed E-state index contributed by atoms with van der Waals surface area (Å²) in [6.45, 7) is 7.55. The maximum absolute atomic E-state index is 14.2. The normalized spacial score (nSPS) is 14.2. The maximum Gasteiger partial charge on any atom is 0.146 e. The zero-order chi connectivity index (χ0) is 14.4. The number of benzene rings is 1. The Balaban J connectivity index is 3.10. The Bertz CT molecular complexity index is 398. The van der Waals surface area contributed by atoms with Crippen LogP contribution in [0, 0.1) is 5.82 Å². The summed E-state index contributed by atoms with van der Waals surface area (Å²) in [6, 6.07) is 5.48. The minimum absolute atomic E-state index is 0.118. The second-order valence-corrected chi connectivity index (χ2v) is 4.87. The molecule has 2 unspecified atom stereocenters. The highest BCUT2D eigenvalue weighted by Gasteiger charge is 2.20. The van der Waals surface area contributed by atoms with Crippen LogP contribution in [0.2, 0.25) is 0 Å². The van der Waals surface area contributed by atoms with E-state index in [2.05, 4.69) is 12.2 Å². The van der Waals surface area contributed by atoms with E-state index in [1.165, 1.54) is 6.07 Å². The minimum atomic E-state index is -0.187. The molecular weight excluding hydrogens is 243 g/mol. The van der Waals surface area contributed by atoms with Crippen LogP contribution >= 0.6 is 0 Å². The molecule has 1 N–H and O–H groups in total. The summed E-state index contributed by atoms with van der Waals surface area (Å²) >= 11 is 0. The molecule has 0 fully saturated rings. The van der Waals surface area contributed by atoms with E-state index in [-0.39, 0.29) is 17.9 Å². The fraction of sp³-hybridized carbons (Fsp3) is 0.600. The summed E-state index contributed by atoms with van der Waals surface area (Å²) in [7, 11) is 3.57. The van der Waals surface area contributed by atoms with Gasteiger partial charge in [0.25, 0.3) is 0 Å². The van der Waals surface area contributed by atoms with Gasteiger partial charge >= 0.3 is 0 Å². The van der Waals surface area contributed by atoms with Crippen molar-refractivity contribution in [1.82, 2.24) is 5.32 Å². The van der Waals surface area contributed by atoms with Crippen LogP contribution in [0.4, 0.5) is 10.1 Å². The molecule has 2 atom stereocenters. The highest BCUT2D eigenvalue weighted by Crippen LogP contribution is 2.29. The molecule has 0 saturated heterocycles. The molecule has 1 rings (SSSR count). The number of nitrogens with one attached hydrogen (secondary N) is 1. The summed E-state index contributed by atoms with van der Waals surface area (Å²) < 4.78 is 19.3. The smallest absolute Gasteiger partial charge is 0.146 e. The zero-order valence-electron chi connectivity index (χ0n) is 12.5. The van der Waals surface area contributed by atoms with Gasteiger partial charge in [0, 0.05) is 26.2 Å². The lowest BCUT2D eigenvalue weighted by molar-refractivity contribution is 0.183. The van der Waals surface area contributed by atoms with E-state index in [1.807, 2.05) is 31.9 Å². The molecule has 19 heavy (non-hydrogen) atoms. The van der Waals surface area contributed by atoms with Crippen LogP contribution in [0.3, 0.4) is 0 Å². The molecule has 1 aromatic rings. The van der Waals surface area contributed by atoms with Crippen LogP contribution in [-0.4, -0.2) is 33.4 Å². The van der Waals surface area contributed by atoms with E-state index in [0.717, 1.165) is 12.1 Å². The van der Waals surface area contributed by atoms with Crippen molar-refractivity contribution < 1.29 is 9.13 Å². The largest absolute Gasteiger partial charge is 0.383 e. The number of nitrogens with zero attached hydrogens (tertiary/aromatic N) is 1. The van der Waals surface area contributed by atoms with E-state index >= 15 is 0 Å². The molecule has 1 aromatic carbocycles. The van der Waals surface area contributed by atoms with E-state index in [1.54, 1.807) is 13.2 Å². The van der Waals surface area contributed by atoms with Gasteiger partial charge in [0.2, 0.25) is 0 Å². The van der Waals surface area contributed by atoms with Gasteiger partial charge in [-0.25, -0.2) is 4.39 Å². The molecule has 0 spiro atoms. The van der Waals surface area contributed by atoms with Gasteiger partial charge in [0.1, 0.15) is 5.82 Å². The van der Waals surface area contributed by atoms with Gasteiger partial charge in [-0.1, -0.05) is 19.1 Å². The molecule has 3 nitrogen and oxygen atoms in total. The van der Waals surface area contributed by atoms with Gasteiger partial charge in [-0.05, 0) is 32.0 Å². The molecule has 4 heteroatoms. The van der Waals surface area contributed by atoms with Crippen LogP contribution in [0.15, 0.2) is 18.2 Å². The van der Waals surface area contributed by atoms with E-state index in [9.17, 15) is 4.39 Å². The molecule has 108 valence electrons. The summed E-state index contributed by atoms with van der Waals surface area (Å²) in [5, 5.41) is 3.33. The quantitative estimate of drug-likeness (QED) is 0.823. The van der Waals surface area contributed by atoms with E-state index < -0.39 is 0 Å². The molecule has 0 aromatic heterocycles. The number of rotatable bonds is 7. The summed E-state index contributed by atoms with van der Waals surface area (Å²) in [4.78, 5) is 1.95. The van der Waals surface area contributed by atoms with Crippen molar-refractivity contribution in [2.24, 2.45) is 0 Å². The number of hydrogen-bond acceptors (Lipinski definition) is 3. The Morgan fingerprint density at radius 1 is 1.37 bits per heavy atom. The van der Waals surface area contributed by atoms with Crippen molar-refractivity contribution in [3.05, 3.63) is 29.6 Å². The molecular formula is C15H25FN2O. The second kappa shape index (κ2) is 7.46. The Labute approximate surface area is 115 Å². The third kappa shape index (κ3) is 3.91. The lowest BCUT2D eigenvalue weighted by Gasteiger charge is -2.30. The van der Waals surface area contributed by atoms with Gasteiger partial charge in [0.05, 0.1) is 12.3 Å². The van der Waals surface area contributed by atoms with Gasteiger partial charge in [-0.15, -0.1) is 0 Å². The van der Waals surface area contributed by atoms with Crippen molar-refractivity contribution in [3.8, 4) is 0 Å². The highest BCUT2D eigenvalue weighted by atomic mass is 19.1. The minimum Gasteiger partial charge on any atom is -0.383 e. The zero-order valence-corrected chi connectivity index (χ0v) is 12.5. The van der Waals surface area contributed by atoms with Gasteiger partial charge in [-0.3, -0.25) is 0 Å². The number of likely N-dealkylation sites (N-methyl/N-ethyl adjacent to an activating group) is 1. The summed E-state index contributed by atoms with van der Waals surface area (Å²) in [6.07, 6.45) is 0. The van der Waals surface area contributed by atoms with Crippen LogP contribution in [0.5, 0.6) is 0 Å². The van der Waals surface area contributed by atoms with Gasteiger partial charge in [-0.2, -0.15) is 0 Å². The van der Waals surface area contributed by atoms with Gasteiger partial charge < -0.3 is 15.0 Å². The van der Waals surface area contributed by atoms with Crippen molar-refractivity contribution >= 4 is 5.69 Å². The molecule has 0 radical (unpaired) electrons. The monoisotopic (exact) mass is 268 g/mol. The average Bonchev–Trinajstić information content (AvgIpc) is 2.38. The van der Waals surface area contributed by atoms with E-state index in [0.29, 0.717) is 12.3 Å². The Morgan fingerprint density at radius 3 is 2.63 bits per heavy atom. The maximum atomic E-state index is 14.2. The molecule has 0 saturated carbocycles. The average molecular weight is 268 g/mol. The first-order valence-corrected chi connectivity index (χ1v) is 6.76. The Morgan fingerprint density at radius 2 is 2.05 bits per heavy atom. The van der Waals surface area contributed by atoms with Crippen LogP contribution in [0.1, 0.15) is 32.4 Å². The number of halogens is 1. The first-order valence-electron chi connectivity index (χ1n) is 6.76. The molecule has 0 aliphatic heterocycles. The molecule has 0 heterocycles. The third-order valence-electron chi connectivity index (χ3n) is 3.42. The summed E-state index contributed by atoms with van der Waals surface area (Å²) in [5.74, 6) is -0.187. The number of anilines is 1. The fourth-order valence-corrected chi connectivity index (χ4v) is 2.24. The van der Waals surface area contributed by atoms with Crippen molar-refractivity contribution in [2.75, 3.05) is 32.2 Å². The van der Waals surface area contributed by atoms with Gasteiger partial charge in [0.15, 0.2) is 0 Å². The lowest BCUT2D eigenvalue weighted by Crippen LogP contribution is -2.35. The molecule has 0 aliphatic rings. The number of ether oxygens (including phenoxy) is 1. The summed E-state index contributed by atoms with van der Waals surface area (Å²) in [5.41, 5.74) is 1.63. The van der Waals surface area contributed by atoms with Crippen molar-refractivity contribution in [1.29, 1.82) is 0 Å². The SMILES string of the molecule is CCNC(C)c1cccc(F)c1N(C)C(C)COC. The first-order chi connectivity index (χ1) is 9.02. The topological polar surface area (TPSA) is 24.5 Å². The predicted molar refractivity (Wildman–Crippen MR) is 78.2 cm³/mol. The molecule has 0 amide bonds. The Kier molecular flexibility index (Phi) is 6.25. The Hall–Kier alpha value is -1.13. The van der Waals surface area contributed by atoms with Crippen LogP contribution in [-0.2, 0) is 4.74 Å². The first kappa shape index (κ1) is 15.9. The van der Waals surface area contributed by atoms with Crippen LogP contribution in [0.25, 0.3) is 0 Å². The number of para-hydroxylation sites is 1. The molecule has 0 aliphatic carbocycles. The fourth-order valence-electron chi connectivity index (χ4n) is 2.24. The number of methoxy groups -OCH3 is 1. The highest BCUT2D eigenvalue weighted by molar-refractivity contribution is 5.56. The molecule has 0 bridgehead atoms. The number of hydrogen-bond donors (Lipinski definition) is 1. The van der Waals surface area contributed by atoms with Crippen molar-refractivity contribution in [3.63, 3.8) is 0 Å². The second-order valence-electron chi connectivity index (χ2n) is 4.87.